The first kappa shape index (κ1) is 18.0. The maximum Gasteiger partial charge on any atom is 0.212 e. The number of anilines is 1. The van der Waals surface area contributed by atoms with Gasteiger partial charge in [-0.15, -0.1) is 10.2 Å². The van der Waals surface area contributed by atoms with Crippen molar-refractivity contribution < 1.29 is 4.74 Å². The van der Waals surface area contributed by atoms with Crippen LogP contribution in [0.15, 0.2) is 42.9 Å². The Hall–Kier alpha value is -3.40. The molecule has 2 aromatic heterocycles. The van der Waals surface area contributed by atoms with Gasteiger partial charge in [0, 0.05) is 49.4 Å². The highest BCUT2D eigenvalue weighted by atomic mass is 16.5. The zero-order chi connectivity index (χ0) is 19.5. The number of aromatic nitrogens is 4. The number of nitriles is 1. The maximum atomic E-state index is 9.71. The fraction of sp³-hybridized carbons (Fsp3) is 0.333. The van der Waals surface area contributed by atoms with Crippen molar-refractivity contribution in [2.45, 2.75) is 18.8 Å². The van der Waals surface area contributed by atoms with Crippen molar-refractivity contribution in [3.8, 4) is 23.1 Å². The number of hydrogen-bond donors (Lipinski definition) is 0. The summed E-state index contributed by atoms with van der Waals surface area (Å²) in [6.07, 6.45) is 5.51. The van der Waals surface area contributed by atoms with Gasteiger partial charge in [0.15, 0.2) is 0 Å². The minimum atomic E-state index is 0.393. The summed E-state index contributed by atoms with van der Waals surface area (Å²) in [5, 5.41) is 18.0. The van der Waals surface area contributed by atoms with Crippen molar-refractivity contribution in [2.24, 2.45) is 7.05 Å². The van der Waals surface area contributed by atoms with Crippen LogP contribution in [0.4, 0.5) is 5.69 Å². The number of hydrogen-bond acceptors (Lipinski definition) is 6. The largest absolute Gasteiger partial charge is 0.481 e. The predicted octanol–water partition coefficient (Wildman–Crippen LogP) is 3.14. The monoisotopic (exact) mass is 374 g/mol. The van der Waals surface area contributed by atoms with E-state index in [1.807, 2.05) is 35.9 Å². The molecule has 7 heteroatoms. The third-order valence-corrected chi connectivity index (χ3v) is 5.34. The Bertz CT molecular complexity index is 996. The minimum absolute atomic E-state index is 0.393. The van der Waals surface area contributed by atoms with Crippen molar-refractivity contribution in [1.29, 1.82) is 5.26 Å². The number of methoxy groups -OCH3 is 1. The molecule has 0 aliphatic carbocycles. The fourth-order valence-corrected chi connectivity index (χ4v) is 3.89. The molecular weight excluding hydrogens is 352 g/mol. The molecule has 0 radical (unpaired) electrons. The van der Waals surface area contributed by atoms with E-state index in [4.69, 9.17) is 4.74 Å². The number of ether oxygens (including phenoxy) is 1. The summed E-state index contributed by atoms with van der Waals surface area (Å²) >= 11 is 0. The zero-order valence-corrected chi connectivity index (χ0v) is 16.0. The second kappa shape index (κ2) is 7.69. The second-order valence-corrected chi connectivity index (χ2v) is 6.96. The molecular formula is C21H22N6O. The van der Waals surface area contributed by atoms with Gasteiger partial charge >= 0.3 is 0 Å². The van der Waals surface area contributed by atoms with Crippen molar-refractivity contribution >= 4 is 5.69 Å². The summed E-state index contributed by atoms with van der Waals surface area (Å²) in [4.78, 5) is 6.64. The molecule has 0 amide bonds. The van der Waals surface area contributed by atoms with E-state index in [1.54, 1.807) is 19.6 Å². The molecule has 3 heterocycles. The number of aryl methyl sites for hydroxylation is 1. The van der Waals surface area contributed by atoms with Gasteiger partial charge in [-0.05, 0) is 25.0 Å². The molecule has 28 heavy (non-hydrogen) atoms. The summed E-state index contributed by atoms with van der Waals surface area (Å²) in [5.74, 6) is 2.00. The highest BCUT2D eigenvalue weighted by Gasteiger charge is 2.26. The standard InChI is InChI=1S/C21H22N6O/c1-26-14-24-25-21(26)15-8-10-27(11-9-15)20-16(12-22)4-3-5-18(20)17-6-7-19(28-2)23-13-17/h3-7,13-15H,8-11H2,1-2H3. The number of pyridine rings is 1. The van der Waals surface area contributed by atoms with E-state index in [2.05, 4.69) is 32.2 Å². The topological polar surface area (TPSA) is 79.9 Å². The highest BCUT2D eigenvalue weighted by Crippen LogP contribution is 2.37. The van der Waals surface area contributed by atoms with Gasteiger partial charge in [-0.3, -0.25) is 0 Å². The molecule has 142 valence electrons. The highest BCUT2D eigenvalue weighted by molar-refractivity contribution is 5.82. The van der Waals surface area contributed by atoms with Crippen LogP contribution < -0.4 is 9.64 Å². The molecule has 0 spiro atoms. The maximum absolute atomic E-state index is 9.71. The van der Waals surface area contributed by atoms with Gasteiger partial charge in [-0.2, -0.15) is 5.26 Å². The Labute approximate surface area is 164 Å². The van der Waals surface area contributed by atoms with Crippen molar-refractivity contribution in [3.05, 3.63) is 54.2 Å². The van der Waals surface area contributed by atoms with Crippen molar-refractivity contribution in [1.82, 2.24) is 19.7 Å². The molecule has 1 aliphatic heterocycles. The van der Waals surface area contributed by atoms with Gasteiger partial charge in [0.1, 0.15) is 18.2 Å². The van der Waals surface area contributed by atoms with Crippen LogP contribution in [0.25, 0.3) is 11.1 Å². The first-order valence-electron chi connectivity index (χ1n) is 9.33. The van der Waals surface area contributed by atoms with E-state index >= 15 is 0 Å². The lowest BCUT2D eigenvalue weighted by Crippen LogP contribution is -2.34. The first-order chi connectivity index (χ1) is 13.7. The molecule has 0 unspecified atom stereocenters. The summed E-state index contributed by atoms with van der Waals surface area (Å²) < 4.78 is 7.16. The molecule has 1 aromatic carbocycles. The van der Waals surface area contributed by atoms with E-state index in [-0.39, 0.29) is 0 Å². The quantitative estimate of drug-likeness (QED) is 0.698. The van der Waals surface area contributed by atoms with E-state index in [0.29, 0.717) is 17.4 Å². The molecule has 0 saturated carbocycles. The molecule has 0 bridgehead atoms. The molecule has 1 saturated heterocycles. The van der Waals surface area contributed by atoms with Crippen LogP contribution in [0, 0.1) is 11.3 Å². The van der Waals surface area contributed by atoms with Crippen LogP contribution in [0.2, 0.25) is 0 Å². The molecule has 7 nitrogen and oxygen atoms in total. The lowest BCUT2D eigenvalue weighted by Gasteiger charge is -2.35. The van der Waals surface area contributed by atoms with Crippen LogP contribution in [0.3, 0.4) is 0 Å². The number of benzene rings is 1. The van der Waals surface area contributed by atoms with Gasteiger partial charge in [-0.1, -0.05) is 12.1 Å². The Balaban J connectivity index is 1.64. The smallest absolute Gasteiger partial charge is 0.212 e. The molecule has 3 aromatic rings. The van der Waals surface area contributed by atoms with Gasteiger partial charge in [0.05, 0.1) is 18.4 Å². The molecule has 0 atom stereocenters. The van der Waals surface area contributed by atoms with E-state index < -0.39 is 0 Å². The van der Waals surface area contributed by atoms with Crippen LogP contribution in [-0.2, 0) is 7.05 Å². The SMILES string of the molecule is COc1ccc(-c2cccc(C#N)c2N2CCC(c3nncn3C)CC2)cn1. The first-order valence-corrected chi connectivity index (χ1v) is 9.33. The fourth-order valence-electron chi connectivity index (χ4n) is 3.89. The van der Waals surface area contributed by atoms with Gasteiger partial charge in [-0.25, -0.2) is 4.98 Å². The van der Waals surface area contributed by atoms with Gasteiger partial charge in [0.25, 0.3) is 0 Å². The Kier molecular flexibility index (Phi) is 4.94. The third-order valence-electron chi connectivity index (χ3n) is 5.34. The van der Waals surface area contributed by atoms with Gasteiger partial charge in [0.2, 0.25) is 5.88 Å². The zero-order valence-electron chi connectivity index (χ0n) is 16.0. The van der Waals surface area contributed by atoms with E-state index in [1.165, 1.54) is 0 Å². The predicted molar refractivity (Wildman–Crippen MR) is 106 cm³/mol. The Morgan fingerprint density at radius 2 is 2.00 bits per heavy atom. The van der Waals surface area contributed by atoms with Crippen molar-refractivity contribution in [3.63, 3.8) is 0 Å². The van der Waals surface area contributed by atoms with Crippen molar-refractivity contribution in [2.75, 3.05) is 25.1 Å². The lowest BCUT2D eigenvalue weighted by atomic mass is 9.93. The van der Waals surface area contributed by atoms with E-state index in [9.17, 15) is 5.26 Å². The van der Waals surface area contributed by atoms with Crippen LogP contribution in [0.1, 0.15) is 30.1 Å². The summed E-state index contributed by atoms with van der Waals surface area (Å²) in [7, 11) is 3.59. The Morgan fingerprint density at radius 3 is 2.61 bits per heavy atom. The minimum Gasteiger partial charge on any atom is -0.481 e. The summed E-state index contributed by atoms with van der Waals surface area (Å²) in [6, 6.07) is 12.0. The second-order valence-electron chi connectivity index (χ2n) is 6.96. The normalized spacial score (nSPS) is 14.7. The molecule has 1 fully saturated rings. The molecule has 4 rings (SSSR count). The molecule has 1 aliphatic rings. The summed E-state index contributed by atoms with van der Waals surface area (Å²) in [6.45, 7) is 1.74. The van der Waals surface area contributed by atoms with Crippen LogP contribution in [-0.4, -0.2) is 39.9 Å². The average Bonchev–Trinajstić information content (AvgIpc) is 3.19. The number of piperidine rings is 1. The third kappa shape index (κ3) is 3.29. The van der Waals surface area contributed by atoms with Crippen LogP contribution in [0.5, 0.6) is 5.88 Å². The summed E-state index contributed by atoms with van der Waals surface area (Å²) in [5.41, 5.74) is 3.66. The Morgan fingerprint density at radius 1 is 1.18 bits per heavy atom. The number of para-hydroxylation sites is 1. The van der Waals surface area contributed by atoms with Crippen LogP contribution >= 0.6 is 0 Å². The number of nitrogens with zero attached hydrogens (tertiary/aromatic N) is 6. The van der Waals surface area contributed by atoms with Gasteiger partial charge < -0.3 is 14.2 Å². The molecule has 0 N–H and O–H groups in total. The average molecular weight is 374 g/mol. The number of rotatable bonds is 4. The van der Waals surface area contributed by atoms with E-state index in [0.717, 1.165) is 48.6 Å². The lowest BCUT2D eigenvalue weighted by molar-refractivity contribution is 0.398.